The molecule has 4 heteroatoms. The zero-order valence-electron chi connectivity index (χ0n) is 15.6. The summed E-state index contributed by atoms with van der Waals surface area (Å²) in [6.07, 6.45) is 9.18. The third kappa shape index (κ3) is 3.06. The van der Waals surface area contributed by atoms with Gasteiger partial charge in [0.15, 0.2) is 0 Å². The fourth-order valence-corrected chi connectivity index (χ4v) is 6.22. The molecule has 4 fully saturated rings. The highest BCUT2D eigenvalue weighted by Crippen LogP contribution is 2.57. The van der Waals surface area contributed by atoms with E-state index in [4.69, 9.17) is 4.74 Å². The lowest BCUT2D eigenvalue weighted by atomic mass is 9.55. The van der Waals surface area contributed by atoms with Crippen LogP contribution in [0.5, 0.6) is 0 Å². The van der Waals surface area contributed by atoms with E-state index in [0.717, 1.165) is 38.8 Å². The number of hydrogen-bond donors (Lipinski definition) is 1. The second-order valence-corrected chi connectivity index (χ2v) is 9.23. The van der Waals surface area contributed by atoms with Gasteiger partial charge in [-0.15, -0.1) is 0 Å². The number of hydrogen-bond acceptors (Lipinski definition) is 4. The van der Waals surface area contributed by atoms with Crippen LogP contribution in [0.2, 0.25) is 0 Å². The third-order valence-corrected chi connectivity index (χ3v) is 7.71. The molecular weight excluding hydrogens is 314 g/mol. The number of aliphatic hydroxyl groups excluding tert-OH is 1. The maximum Gasteiger partial charge on any atom is 0.310 e. The van der Waals surface area contributed by atoms with Gasteiger partial charge in [0.25, 0.3) is 0 Å². The van der Waals surface area contributed by atoms with E-state index in [1.54, 1.807) is 0 Å². The van der Waals surface area contributed by atoms with Crippen molar-refractivity contribution in [2.75, 3.05) is 19.7 Å². The second kappa shape index (κ2) is 6.70. The van der Waals surface area contributed by atoms with Crippen molar-refractivity contribution in [3.8, 4) is 0 Å². The Morgan fingerprint density at radius 3 is 3.00 bits per heavy atom. The third-order valence-electron chi connectivity index (χ3n) is 7.71. The number of piperidine rings is 1. The summed E-state index contributed by atoms with van der Waals surface area (Å²) in [6, 6.07) is 0.221. The van der Waals surface area contributed by atoms with E-state index in [0.29, 0.717) is 11.8 Å². The number of rotatable bonds is 3. The Kier molecular flexibility index (Phi) is 4.70. The summed E-state index contributed by atoms with van der Waals surface area (Å²) in [7, 11) is 0. The molecule has 0 spiro atoms. The van der Waals surface area contributed by atoms with Crippen LogP contribution in [0.4, 0.5) is 0 Å². The summed E-state index contributed by atoms with van der Waals surface area (Å²) in [5.74, 6) is 0.873. The molecule has 2 saturated carbocycles. The molecule has 25 heavy (non-hydrogen) atoms. The number of fused-ring (bicyclic) bond motifs is 2. The van der Waals surface area contributed by atoms with Gasteiger partial charge in [0.2, 0.25) is 0 Å². The number of nitrogens with zero attached hydrogens (tertiary/aromatic N) is 1. The minimum atomic E-state index is -0.0172. The molecule has 2 saturated heterocycles. The number of carbonyl (C=O) groups is 1. The van der Waals surface area contributed by atoms with Gasteiger partial charge in [-0.25, -0.2) is 0 Å². The van der Waals surface area contributed by atoms with Crippen LogP contribution in [-0.4, -0.2) is 47.8 Å². The van der Waals surface area contributed by atoms with E-state index < -0.39 is 0 Å². The first-order chi connectivity index (χ1) is 12.0. The Hall–Kier alpha value is -0.870. The summed E-state index contributed by atoms with van der Waals surface area (Å²) in [5.41, 5.74) is 1.67. The number of aliphatic hydroxyl groups is 1. The molecule has 2 heterocycles. The van der Waals surface area contributed by atoms with Crippen molar-refractivity contribution >= 4 is 5.97 Å². The Morgan fingerprint density at radius 1 is 1.36 bits per heavy atom. The topological polar surface area (TPSA) is 49.8 Å². The first kappa shape index (κ1) is 17.5. The zero-order chi connectivity index (χ0) is 17.6. The number of allylic oxidation sites excluding steroid dienone is 1. The maximum atomic E-state index is 12.7. The van der Waals surface area contributed by atoms with Crippen LogP contribution in [-0.2, 0) is 9.53 Å². The number of carbonyl (C=O) groups excluding carboxylic acids is 1. The minimum absolute atomic E-state index is 0.00474. The SMILES string of the molecule is C=C1CCCC2(C)CC3OC(=O)C(CN4CCCCC4CO)C3CC12. The summed E-state index contributed by atoms with van der Waals surface area (Å²) in [6.45, 7) is 8.72. The van der Waals surface area contributed by atoms with Gasteiger partial charge < -0.3 is 9.84 Å². The van der Waals surface area contributed by atoms with Crippen molar-refractivity contribution in [2.45, 2.75) is 70.4 Å². The van der Waals surface area contributed by atoms with E-state index in [1.807, 2.05) is 0 Å². The predicted octanol–water partition coefficient (Wildman–Crippen LogP) is 3.15. The van der Waals surface area contributed by atoms with Crippen molar-refractivity contribution in [1.29, 1.82) is 0 Å². The fourth-order valence-electron chi connectivity index (χ4n) is 6.22. The van der Waals surface area contributed by atoms with Gasteiger partial charge in [0, 0.05) is 18.5 Å². The van der Waals surface area contributed by atoms with Crippen molar-refractivity contribution in [3.05, 3.63) is 12.2 Å². The lowest BCUT2D eigenvalue weighted by Crippen LogP contribution is -2.48. The molecule has 0 aromatic carbocycles. The standard InChI is InChI=1S/C21H33NO3/c1-14-6-5-8-21(2)11-19-16(10-18(14)21)17(20(24)25-19)12-22-9-4-3-7-15(22)13-23/h15-19,23H,1,3-13H2,2H3. The smallest absolute Gasteiger partial charge is 0.310 e. The first-order valence-electron chi connectivity index (χ1n) is 10.2. The minimum Gasteiger partial charge on any atom is -0.462 e. The van der Waals surface area contributed by atoms with Gasteiger partial charge in [-0.1, -0.05) is 25.5 Å². The lowest BCUT2D eigenvalue weighted by molar-refractivity contribution is -0.146. The maximum absolute atomic E-state index is 12.7. The van der Waals surface area contributed by atoms with E-state index in [1.165, 1.54) is 31.3 Å². The molecule has 6 unspecified atom stereocenters. The summed E-state index contributed by atoms with van der Waals surface area (Å²) in [4.78, 5) is 15.0. The number of likely N-dealkylation sites (tertiary alicyclic amines) is 1. The van der Waals surface area contributed by atoms with Crippen LogP contribution in [0.3, 0.4) is 0 Å². The molecule has 0 bridgehead atoms. The van der Waals surface area contributed by atoms with Gasteiger partial charge in [-0.3, -0.25) is 9.69 Å². The second-order valence-electron chi connectivity index (χ2n) is 9.23. The molecule has 0 radical (unpaired) electrons. The van der Waals surface area contributed by atoms with Gasteiger partial charge in [-0.2, -0.15) is 0 Å². The average molecular weight is 347 g/mol. The van der Waals surface area contributed by atoms with Crippen LogP contribution in [0.1, 0.15) is 58.3 Å². The molecule has 4 nitrogen and oxygen atoms in total. The van der Waals surface area contributed by atoms with Crippen LogP contribution >= 0.6 is 0 Å². The molecule has 4 rings (SSSR count). The molecular formula is C21H33NO3. The molecule has 140 valence electrons. The monoisotopic (exact) mass is 347 g/mol. The first-order valence-corrected chi connectivity index (χ1v) is 10.2. The van der Waals surface area contributed by atoms with E-state index in [2.05, 4.69) is 18.4 Å². The summed E-state index contributed by atoms with van der Waals surface area (Å²) >= 11 is 0. The van der Waals surface area contributed by atoms with Crippen LogP contribution in [0, 0.1) is 23.2 Å². The van der Waals surface area contributed by atoms with Crippen LogP contribution in [0.25, 0.3) is 0 Å². The fraction of sp³-hybridized carbons (Fsp3) is 0.857. The van der Waals surface area contributed by atoms with Gasteiger partial charge in [-0.05, 0) is 62.8 Å². The van der Waals surface area contributed by atoms with Crippen molar-refractivity contribution < 1.29 is 14.6 Å². The highest BCUT2D eigenvalue weighted by Gasteiger charge is 2.55. The normalized spacial score (nSPS) is 45.0. The van der Waals surface area contributed by atoms with E-state index in [-0.39, 0.29) is 36.1 Å². The van der Waals surface area contributed by atoms with E-state index >= 15 is 0 Å². The molecule has 2 aliphatic heterocycles. The highest BCUT2D eigenvalue weighted by molar-refractivity contribution is 5.75. The Morgan fingerprint density at radius 2 is 2.20 bits per heavy atom. The van der Waals surface area contributed by atoms with Crippen molar-refractivity contribution in [1.82, 2.24) is 4.90 Å². The van der Waals surface area contributed by atoms with Crippen molar-refractivity contribution in [2.24, 2.45) is 23.2 Å². The van der Waals surface area contributed by atoms with Gasteiger partial charge >= 0.3 is 5.97 Å². The molecule has 4 aliphatic rings. The Labute approximate surface area is 151 Å². The molecule has 0 amide bonds. The summed E-state index contributed by atoms with van der Waals surface area (Å²) in [5, 5.41) is 9.69. The van der Waals surface area contributed by atoms with Gasteiger partial charge in [0.1, 0.15) is 6.10 Å². The molecule has 0 aromatic heterocycles. The highest BCUT2D eigenvalue weighted by atomic mass is 16.6. The van der Waals surface area contributed by atoms with Crippen molar-refractivity contribution in [3.63, 3.8) is 0 Å². The number of esters is 1. The largest absolute Gasteiger partial charge is 0.462 e. The van der Waals surface area contributed by atoms with Crippen LogP contribution < -0.4 is 0 Å². The summed E-state index contributed by atoms with van der Waals surface area (Å²) < 4.78 is 5.88. The zero-order valence-corrected chi connectivity index (χ0v) is 15.6. The Bertz CT molecular complexity index is 547. The van der Waals surface area contributed by atoms with Crippen LogP contribution in [0.15, 0.2) is 12.2 Å². The quantitative estimate of drug-likeness (QED) is 0.629. The average Bonchev–Trinajstić information content (AvgIpc) is 2.88. The lowest BCUT2D eigenvalue weighted by Gasteiger charge is -2.50. The number of ether oxygens (including phenoxy) is 1. The molecule has 1 N–H and O–H groups in total. The Balaban J connectivity index is 1.51. The van der Waals surface area contributed by atoms with E-state index in [9.17, 15) is 9.90 Å². The molecule has 6 atom stereocenters. The van der Waals surface area contributed by atoms with Gasteiger partial charge in [0.05, 0.1) is 12.5 Å². The molecule has 0 aromatic rings. The predicted molar refractivity (Wildman–Crippen MR) is 97.0 cm³/mol. The molecule has 2 aliphatic carbocycles.